The molecule has 5 heteroatoms. The molecule has 0 aliphatic heterocycles. The molecule has 0 unspecified atom stereocenters. The Morgan fingerprint density at radius 3 is 2.58 bits per heavy atom. The minimum Gasteiger partial charge on any atom is -0.494 e. The summed E-state index contributed by atoms with van der Waals surface area (Å²) in [7, 11) is 0. The van der Waals surface area contributed by atoms with Crippen LogP contribution in [0.1, 0.15) is 34.4 Å². The zero-order valence-corrected chi connectivity index (χ0v) is 15.3. The van der Waals surface area contributed by atoms with Crippen LogP contribution in [0.4, 0.5) is 5.69 Å². The summed E-state index contributed by atoms with van der Waals surface area (Å²) in [5, 5.41) is 2.95. The third kappa shape index (κ3) is 3.94. The van der Waals surface area contributed by atoms with Crippen molar-refractivity contribution in [1.29, 1.82) is 0 Å². The highest BCUT2D eigenvalue weighted by Gasteiger charge is 2.16. The van der Waals surface area contributed by atoms with Gasteiger partial charge in [0, 0.05) is 23.3 Å². The number of carbonyl (C=O) groups excluding carboxylic acids is 1. The van der Waals surface area contributed by atoms with Crippen LogP contribution in [0.2, 0.25) is 0 Å². The van der Waals surface area contributed by atoms with Gasteiger partial charge in [-0.15, -0.1) is 0 Å². The molecule has 0 aliphatic carbocycles. The van der Waals surface area contributed by atoms with Crippen molar-refractivity contribution in [1.82, 2.24) is 9.55 Å². The van der Waals surface area contributed by atoms with E-state index in [0.717, 1.165) is 28.5 Å². The first-order valence-electron chi connectivity index (χ1n) is 8.69. The average molecular weight is 349 g/mol. The molecule has 0 fully saturated rings. The van der Waals surface area contributed by atoms with E-state index in [9.17, 15) is 4.79 Å². The molecule has 0 atom stereocenters. The summed E-state index contributed by atoms with van der Waals surface area (Å²) in [6.45, 7) is 7.17. The van der Waals surface area contributed by atoms with E-state index in [-0.39, 0.29) is 5.91 Å². The van der Waals surface area contributed by atoms with Crippen molar-refractivity contribution in [3.05, 3.63) is 77.4 Å². The van der Waals surface area contributed by atoms with Crippen molar-refractivity contribution >= 4 is 11.6 Å². The van der Waals surface area contributed by atoms with Crippen LogP contribution in [-0.2, 0) is 6.54 Å². The van der Waals surface area contributed by atoms with Crippen LogP contribution in [0.3, 0.4) is 0 Å². The lowest BCUT2D eigenvalue weighted by Crippen LogP contribution is -2.13. The molecule has 5 nitrogen and oxygen atoms in total. The molecule has 2 heterocycles. The first-order chi connectivity index (χ1) is 12.6. The molecule has 0 saturated carbocycles. The second-order valence-electron chi connectivity index (χ2n) is 6.10. The molecule has 1 N–H and O–H groups in total. The molecule has 1 amide bonds. The molecule has 2 aromatic heterocycles. The van der Waals surface area contributed by atoms with Gasteiger partial charge in [-0.3, -0.25) is 9.78 Å². The number of hydrogen-bond acceptors (Lipinski definition) is 3. The van der Waals surface area contributed by atoms with Gasteiger partial charge in [0.05, 0.1) is 24.4 Å². The Kier molecular flexibility index (Phi) is 5.37. The zero-order valence-electron chi connectivity index (χ0n) is 15.3. The Balaban J connectivity index is 1.76. The SMILES string of the molecule is CCOc1ccc(NC(=O)c2cc(C)n(Cc3ccccn3)c2C)cc1. The number of ether oxygens (including phenoxy) is 1. The average Bonchev–Trinajstić information content (AvgIpc) is 2.93. The van der Waals surface area contributed by atoms with E-state index in [2.05, 4.69) is 14.9 Å². The van der Waals surface area contributed by atoms with Gasteiger partial charge in [-0.05, 0) is 63.2 Å². The fourth-order valence-electron chi connectivity index (χ4n) is 2.93. The Hall–Kier alpha value is -3.08. The summed E-state index contributed by atoms with van der Waals surface area (Å²) in [5.74, 6) is 0.675. The molecule has 0 saturated heterocycles. The number of benzene rings is 1. The molecule has 26 heavy (non-hydrogen) atoms. The molecule has 134 valence electrons. The molecule has 0 radical (unpaired) electrons. The van der Waals surface area contributed by atoms with Crippen LogP contribution >= 0.6 is 0 Å². The number of amides is 1. The molecule has 1 aromatic carbocycles. The van der Waals surface area contributed by atoms with Gasteiger partial charge < -0.3 is 14.6 Å². The third-order valence-electron chi connectivity index (χ3n) is 4.29. The van der Waals surface area contributed by atoms with E-state index in [1.54, 1.807) is 6.20 Å². The van der Waals surface area contributed by atoms with E-state index in [0.29, 0.717) is 18.7 Å². The van der Waals surface area contributed by atoms with Crippen molar-refractivity contribution in [3.63, 3.8) is 0 Å². The molecule has 3 aromatic rings. The van der Waals surface area contributed by atoms with Crippen LogP contribution in [-0.4, -0.2) is 22.1 Å². The lowest BCUT2D eigenvalue weighted by atomic mass is 10.2. The maximum Gasteiger partial charge on any atom is 0.257 e. The number of hydrogen-bond donors (Lipinski definition) is 1. The summed E-state index contributed by atoms with van der Waals surface area (Å²) < 4.78 is 7.53. The lowest BCUT2D eigenvalue weighted by molar-refractivity contribution is 0.102. The van der Waals surface area contributed by atoms with Crippen LogP contribution < -0.4 is 10.1 Å². The number of rotatable bonds is 6. The van der Waals surface area contributed by atoms with Crippen LogP contribution in [0.5, 0.6) is 5.75 Å². The Morgan fingerprint density at radius 1 is 1.15 bits per heavy atom. The maximum absolute atomic E-state index is 12.7. The van der Waals surface area contributed by atoms with Crippen LogP contribution in [0.15, 0.2) is 54.7 Å². The fourth-order valence-corrected chi connectivity index (χ4v) is 2.93. The van der Waals surface area contributed by atoms with Gasteiger partial charge in [-0.1, -0.05) is 6.07 Å². The normalized spacial score (nSPS) is 10.6. The number of nitrogens with zero attached hydrogens (tertiary/aromatic N) is 2. The number of pyridine rings is 1. The molecular weight excluding hydrogens is 326 g/mol. The van der Waals surface area contributed by atoms with Crippen LogP contribution in [0, 0.1) is 13.8 Å². The topological polar surface area (TPSA) is 56.1 Å². The van der Waals surface area contributed by atoms with E-state index in [4.69, 9.17) is 4.74 Å². The lowest BCUT2D eigenvalue weighted by Gasteiger charge is -2.10. The number of aromatic nitrogens is 2. The Bertz CT molecular complexity index is 884. The second-order valence-corrected chi connectivity index (χ2v) is 6.10. The number of anilines is 1. The molecule has 0 bridgehead atoms. The molecule has 0 aliphatic rings. The van der Waals surface area contributed by atoms with Crippen molar-refractivity contribution in [2.75, 3.05) is 11.9 Å². The monoisotopic (exact) mass is 349 g/mol. The summed E-state index contributed by atoms with van der Waals surface area (Å²) in [4.78, 5) is 17.1. The number of carbonyl (C=O) groups is 1. The highest BCUT2D eigenvalue weighted by Crippen LogP contribution is 2.20. The third-order valence-corrected chi connectivity index (χ3v) is 4.29. The number of nitrogens with one attached hydrogen (secondary N) is 1. The summed E-state index contributed by atoms with van der Waals surface area (Å²) >= 11 is 0. The standard InChI is InChI=1S/C21H23N3O2/c1-4-26-19-10-8-17(9-11-19)23-21(25)20-13-15(2)24(16(20)3)14-18-7-5-6-12-22-18/h5-13H,4,14H2,1-3H3,(H,23,25). The maximum atomic E-state index is 12.7. The van der Waals surface area contributed by atoms with Gasteiger partial charge in [-0.25, -0.2) is 0 Å². The van der Waals surface area contributed by atoms with Crippen LogP contribution in [0.25, 0.3) is 0 Å². The van der Waals surface area contributed by atoms with Gasteiger partial charge in [0.15, 0.2) is 0 Å². The number of aryl methyl sites for hydroxylation is 1. The molecule has 0 spiro atoms. The second kappa shape index (κ2) is 7.87. The molecule has 3 rings (SSSR count). The van der Waals surface area contributed by atoms with E-state index in [1.807, 2.05) is 69.3 Å². The minimum atomic E-state index is -0.116. The van der Waals surface area contributed by atoms with E-state index >= 15 is 0 Å². The Morgan fingerprint density at radius 2 is 1.92 bits per heavy atom. The van der Waals surface area contributed by atoms with Gasteiger partial charge in [-0.2, -0.15) is 0 Å². The Labute approximate surface area is 153 Å². The van der Waals surface area contributed by atoms with Gasteiger partial charge in [0.2, 0.25) is 0 Å². The highest BCUT2D eigenvalue weighted by molar-refractivity contribution is 6.05. The summed E-state index contributed by atoms with van der Waals surface area (Å²) in [6.07, 6.45) is 1.78. The van der Waals surface area contributed by atoms with Gasteiger partial charge in [0.25, 0.3) is 5.91 Å². The summed E-state index contributed by atoms with van der Waals surface area (Å²) in [5.41, 5.74) is 4.34. The van der Waals surface area contributed by atoms with E-state index < -0.39 is 0 Å². The van der Waals surface area contributed by atoms with E-state index in [1.165, 1.54) is 0 Å². The first-order valence-corrected chi connectivity index (χ1v) is 8.69. The van der Waals surface area contributed by atoms with Gasteiger partial charge >= 0.3 is 0 Å². The van der Waals surface area contributed by atoms with Crippen molar-refractivity contribution in [2.45, 2.75) is 27.3 Å². The highest BCUT2D eigenvalue weighted by atomic mass is 16.5. The van der Waals surface area contributed by atoms with Crippen molar-refractivity contribution in [2.24, 2.45) is 0 Å². The predicted molar refractivity (Wildman–Crippen MR) is 103 cm³/mol. The first kappa shape index (κ1) is 17.7. The largest absolute Gasteiger partial charge is 0.494 e. The van der Waals surface area contributed by atoms with Crippen molar-refractivity contribution in [3.8, 4) is 5.75 Å². The zero-order chi connectivity index (χ0) is 18.5. The van der Waals surface area contributed by atoms with Crippen molar-refractivity contribution < 1.29 is 9.53 Å². The van der Waals surface area contributed by atoms with Gasteiger partial charge in [0.1, 0.15) is 5.75 Å². The predicted octanol–water partition coefficient (Wildman–Crippen LogP) is 4.20. The fraction of sp³-hybridized carbons (Fsp3) is 0.238. The molecular formula is C21H23N3O2. The quantitative estimate of drug-likeness (QED) is 0.726. The summed E-state index contributed by atoms with van der Waals surface area (Å²) in [6, 6.07) is 15.2. The minimum absolute atomic E-state index is 0.116. The smallest absolute Gasteiger partial charge is 0.257 e.